The number of hydrogen-bond acceptors (Lipinski definition) is 6. The quantitative estimate of drug-likeness (QED) is 0.457. The van der Waals surface area contributed by atoms with E-state index in [4.69, 9.17) is 4.74 Å². The third-order valence-electron chi connectivity index (χ3n) is 5.57. The van der Waals surface area contributed by atoms with Crippen molar-refractivity contribution in [1.29, 1.82) is 0 Å². The predicted molar refractivity (Wildman–Crippen MR) is 111 cm³/mol. The van der Waals surface area contributed by atoms with Crippen LogP contribution in [0.5, 0.6) is 0 Å². The van der Waals surface area contributed by atoms with Crippen molar-refractivity contribution < 1.29 is 30.3 Å². The molecule has 158 valence electrons. The average molecular weight is 467 g/mol. The molecule has 5 atom stereocenters. The summed E-state index contributed by atoms with van der Waals surface area (Å²) >= 11 is 3.56. The van der Waals surface area contributed by atoms with Crippen LogP contribution in [0.3, 0.4) is 0 Å². The lowest BCUT2D eigenvalue weighted by atomic mass is 9.85. The van der Waals surface area contributed by atoms with Gasteiger partial charge in [0.05, 0.1) is 6.61 Å². The predicted octanol–water partition coefficient (Wildman–Crippen LogP) is 1.53. The van der Waals surface area contributed by atoms with Crippen molar-refractivity contribution in [3.8, 4) is 0 Å². The zero-order valence-corrected chi connectivity index (χ0v) is 18.0. The number of aliphatic hydroxyl groups excluding tert-OH is 4. The van der Waals surface area contributed by atoms with Gasteiger partial charge >= 0.3 is 0 Å². The van der Waals surface area contributed by atoms with Crippen LogP contribution in [0.15, 0.2) is 40.9 Å². The highest BCUT2D eigenvalue weighted by Crippen LogP contribution is 2.39. The maximum absolute atomic E-state index is 11.2. The fourth-order valence-electron chi connectivity index (χ4n) is 3.73. The van der Waals surface area contributed by atoms with Gasteiger partial charge in [-0.2, -0.15) is 0 Å². The lowest BCUT2D eigenvalue weighted by Gasteiger charge is -2.46. The van der Waals surface area contributed by atoms with Crippen molar-refractivity contribution in [2.45, 2.75) is 56.9 Å². The van der Waals surface area contributed by atoms with Crippen molar-refractivity contribution in [3.63, 3.8) is 0 Å². The van der Waals surface area contributed by atoms with Crippen molar-refractivity contribution in [2.24, 2.45) is 0 Å². The summed E-state index contributed by atoms with van der Waals surface area (Å²) in [5.41, 5.74) is 4.09. The number of halogens is 1. The van der Waals surface area contributed by atoms with Gasteiger partial charge in [0, 0.05) is 10.0 Å². The molecule has 0 saturated carbocycles. The fraction of sp³-hybridized carbons (Fsp3) is 0.455. The molecule has 0 unspecified atom stereocenters. The Morgan fingerprint density at radius 3 is 2.24 bits per heavy atom. The normalized spacial score (nSPS) is 29.8. The lowest BCUT2D eigenvalue weighted by Crippen LogP contribution is -2.63. The third-order valence-corrected chi connectivity index (χ3v) is 6.31. The van der Waals surface area contributed by atoms with Crippen LogP contribution in [0, 0.1) is 6.92 Å². The molecule has 0 bridgehead atoms. The molecule has 0 amide bonds. The SMILES string of the molecule is CCc1ccc(Cc2cc([C@@]3(O)O[C@H](CO)[C@@H](O)[C@H](O)[C@H]3O)c(C)cc2Br)cc1. The first-order valence-electron chi connectivity index (χ1n) is 9.63. The molecule has 5 N–H and O–H groups in total. The number of benzene rings is 2. The summed E-state index contributed by atoms with van der Waals surface area (Å²) in [6.45, 7) is 3.23. The molecule has 0 aliphatic carbocycles. The average Bonchev–Trinajstić information content (AvgIpc) is 2.71. The zero-order chi connectivity index (χ0) is 21.3. The van der Waals surface area contributed by atoms with E-state index in [0.29, 0.717) is 12.0 Å². The van der Waals surface area contributed by atoms with Gasteiger partial charge in [-0.05, 0) is 54.2 Å². The van der Waals surface area contributed by atoms with E-state index < -0.39 is 36.8 Å². The van der Waals surface area contributed by atoms with Crippen molar-refractivity contribution in [2.75, 3.05) is 6.61 Å². The third kappa shape index (κ3) is 4.27. The summed E-state index contributed by atoms with van der Waals surface area (Å²) in [7, 11) is 0. The molecule has 1 fully saturated rings. The Kier molecular flexibility index (Phi) is 6.80. The molecule has 2 aromatic rings. The highest BCUT2D eigenvalue weighted by Gasteiger charge is 2.54. The van der Waals surface area contributed by atoms with Gasteiger partial charge in [-0.15, -0.1) is 0 Å². The van der Waals surface area contributed by atoms with Crippen LogP contribution in [0.25, 0.3) is 0 Å². The van der Waals surface area contributed by atoms with Gasteiger partial charge in [0.2, 0.25) is 5.79 Å². The van der Waals surface area contributed by atoms with Crippen LogP contribution in [-0.2, 0) is 23.4 Å². The molecule has 6 nitrogen and oxygen atoms in total. The van der Waals surface area contributed by atoms with Gasteiger partial charge in [-0.25, -0.2) is 0 Å². The van der Waals surface area contributed by atoms with Gasteiger partial charge in [0.1, 0.15) is 24.4 Å². The molecule has 1 aliphatic rings. The first-order chi connectivity index (χ1) is 13.7. The molecular formula is C22H27BrO6. The summed E-state index contributed by atoms with van der Waals surface area (Å²) in [5, 5.41) is 51.3. The second-order valence-electron chi connectivity index (χ2n) is 7.57. The summed E-state index contributed by atoms with van der Waals surface area (Å²) in [6, 6.07) is 11.8. The van der Waals surface area contributed by atoms with Crippen molar-refractivity contribution in [1.82, 2.24) is 0 Å². The van der Waals surface area contributed by atoms with Crippen LogP contribution in [0.1, 0.15) is 34.7 Å². The van der Waals surface area contributed by atoms with E-state index >= 15 is 0 Å². The van der Waals surface area contributed by atoms with Gasteiger partial charge in [-0.3, -0.25) is 0 Å². The van der Waals surface area contributed by atoms with E-state index in [0.717, 1.165) is 22.0 Å². The first kappa shape index (κ1) is 22.4. The summed E-state index contributed by atoms with van der Waals surface area (Å²) in [6.07, 6.45) is -4.65. The Bertz CT molecular complexity index is 853. The second kappa shape index (κ2) is 8.81. The minimum absolute atomic E-state index is 0.276. The van der Waals surface area contributed by atoms with E-state index in [1.807, 2.05) is 18.2 Å². The molecule has 0 spiro atoms. The molecule has 29 heavy (non-hydrogen) atoms. The Labute approximate surface area is 178 Å². The standard InChI is InChI=1S/C22H27BrO6/c1-3-13-4-6-14(7-5-13)9-15-10-16(12(2)8-17(15)23)22(28)21(27)20(26)19(25)18(11-24)29-22/h4-8,10,18-21,24-28H,3,9,11H2,1-2H3/t18-,19-,20+,21-,22-/m1/s1. The van der Waals surface area contributed by atoms with Crippen LogP contribution in [-0.4, -0.2) is 56.6 Å². The van der Waals surface area contributed by atoms with Gasteiger partial charge in [-0.1, -0.05) is 47.1 Å². The minimum Gasteiger partial charge on any atom is -0.394 e. The molecule has 7 heteroatoms. The van der Waals surface area contributed by atoms with E-state index in [-0.39, 0.29) is 5.56 Å². The van der Waals surface area contributed by atoms with Crippen LogP contribution in [0.4, 0.5) is 0 Å². The smallest absolute Gasteiger partial charge is 0.222 e. The highest BCUT2D eigenvalue weighted by atomic mass is 79.9. The molecule has 1 heterocycles. The van der Waals surface area contributed by atoms with E-state index in [9.17, 15) is 25.5 Å². The summed E-state index contributed by atoms with van der Waals surface area (Å²) < 4.78 is 6.33. The molecular weight excluding hydrogens is 440 g/mol. The van der Waals surface area contributed by atoms with Gasteiger partial charge in [0.15, 0.2) is 0 Å². The number of ether oxygens (including phenoxy) is 1. The van der Waals surface area contributed by atoms with E-state index in [2.05, 4.69) is 35.0 Å². The number of aryl methyl sites for hydroxylation is 2. The Balaban J connectivity index is 1.99. The van der Waals surface area contributed by atoms with Crippen molar-refractivity contribution >= 4 is 15.9 Å². The minimum atomic E-state index is -2.27. The molecule has 0 aromatic heterocycles. The molecule has 3 rings (SSSR count). The number of rotatable bonds is 5. The van der Waals surface area contributed by atoms with Crippen LogP contribution in [0.2, 0.25) is 0 Å². The molecule has 1 aliphatic heterocycles. The van der Waals surface area contributed by atoms with Crippen LogP contribution >= 0.6 is 15.9 Å². The van der Waals surface area contributed by atoms with Gasteiger partial charge < -0.3 is 30.3 Å². The molecule has 1 saturated heterocycles. The number of aliphatic hydroxyl groups is 5. The zero-order valence-electron chi connectivity index (χ0n) is 16.4. The number of hydrogen-bond donors (Lipinski definition) is 5. The molecule has 2 aromatic carbocycles. The Hall–Kier alpha value is -1.32. The fourth-order valence-corrected chi connectivity index (χ4v) is 4.33. The lowest BCUT2D eigenvalue weighted by molar-refractivity contribution is -0.358. The Morgan fingerprint density at radius 1 is 1.03 bits per heavy atom. The topological polar surface area (TPSA) is 110 Å². The van der Waals surface area contributed by atoms with E-state index in [1.54, 1.807) is 13.0 Å². The van der Waals surface area contributed by atoms with Crippen molar-refractivity contribution in [3.05, 3.63) is 68.7 Å². The highest BCUT2D eigenvalue weighted by molar-refractivity contribution is 9.10. The van der Waals surface area contributed by atoms with Crippen LogP contribution < -0.4 is 0 Å². The summed E-state index contributed by atoms with van der Waals surface area (Å²) in [4.78, 5) is 0. The van der Waals surface area contributed by atoms with Gasteiger partial charge in [0.25, 0.3) is 0 Å². The second-order valence-corrected chi connectivity index (χ2v) is 8.42. The largest absolute Gasteiger partial charge is 0.394 e. The molecule has 0 radical (unpaired) electrons. The maximum atomic E-state index is 11.2. The first-order valence-corrected chi connectivity index (χ1v) is 10.4. The monoisotopic (exact) mass is 466 g/mol. The maximum Gasteiger partial charge on any atom is 0.222 e. The van der Waals surface area contributed by atoms with E-state index in [1.165, 1.54) is 5.56 Å². The summed E-state index contributed by atoms with van der Waals surface area (Å²) in [5.74, 6) is -2.27. The Morgan fingerprint density at radius 2 is 1.66 bits per heavy atom.